The fourth-order valence-corrected chi connectivity index (χ4v) is 4.53. The van der Waals surface area contributed by atoms with Gasteiger partial charge in [-0.05, 0) is 49.1 Å². The largest absolute Gasteiger partial charge is 0.480 e. The summed E-state index contributed by atoms with van der Waals surface area (Å²) in [5, 5.41) is 12.2. The first-order chi connectivity index (χ1) is 15.5. The number of aliphatic carboxylic acids is 1. The highest BCUT2D eigenvalue weighted by Gasteiger charge is 2.27. The van der Waals surface area contributed by atoms with Crippen molar-refractivity contribution >= 4 is 22.9 Å². The molecule has 0 bridgehead atoms. The Morgan fingerprint density at radius 3 is 2.62 bits per heavy atom. The molecule has 1 aliphatic rings. The molecular formula is C25H30N4O3. The predicted molar refractivity (Wildman–Crippen MR) is 123 cm³/mol. The summed E-state index contributed by atoms with van der Waals surface area (Å²) in [6.07, 6.45) is 8.27. The van der Waals surface area contributed by atoms with Crippen LogP contribution in [0.3, 0.4) is 0 Å². The zero-order valence-electron chi connectivity index (χ0n) is 18.6. The van der Waals surface area contributed by atoms with Crippen molar-refractivity contribution in [2.45, 2.75) is 64.5 Å². The lowest BCUT2D eigenvalue weighted by Crippen LogP contribution is -2.45. The van der Waals surface area contributed by atoms with Gasteiger partial charge < -0.3 is 15.0 Å². The molecule has 7 nitrogen and oxygen atoms in total. The molecule has 168 valence electrons. The van der Waals surface area contributed by atoms with E-state index in [1.165, 1.54) is 19.3 Å². The smallest absolute Gasteiger partial charge is 0.326 e. The second kappa shape index (κ2) is 9.51. The van der Waals surface area contributed by atoms with Gasteiger partial charge >= 0.3 is 5.97 Å². The topological polar surface area (TPSA) is 97.1 Å². The van der Waals surface area contributed by atoms with Crippen LogP contribution in [0.15, 0.2) is 42.6 Å². The number of hydrogen-bond donors (Lipinski definition) is 2. The first kappa shape index (κ1) is 22.0. The number of nitrogens with one attached hydrogen (secondary N) is 1. The summed E-state index contributed by atoms with van der Waals surface area (Å²) >= 11 is 0. The Kier molecular flexibility index (Phi) is 6.53. The van der Waals surface area contributed by atoms with E-state index < -0.39 is 17.9 Å². The summed E-state index contributed by atoms with van der Waals surface area (Å²) in [7, 11) is 0. The number of carboxylic acids is 1. The molecule has 1 aliphatic carbocycles. The zero-order chi connectivity index (χ0) is 22.7. The molecule has 2 N–H and O–H groups in total. The molecule has 0 aliphatic heterocycles. The van der Waals surface area contributed by atoms with Crippen LogP contribution in [0.2, 0.25) is 0 Å². The van der Waals surface area contributed by atoms with Crippen molar-refractivity contribution in [2.24, 2.45) is 5.92 Å². The third-order valence-electron chi connectivity index (χ3n) is 6.55. The monoisotopic (exact) mass is 434 g/mol. The molecule has 1 aromatic carbocycles. The molecule has 0 radical (unpaired) electrons. The van der Waals surface area contributed by atoms with Gasteiger partial charge in [-0.25, -0.2) is 9.78 Å². The number of benzene rings is 1. The molecule has 1 unspecified atom stereocenters. The van der Waals surface area contributed by atoms with Crippen molar-refractivity contribution in [3.63, 3.8) is 0 Å². The van der Waals surface area contributed by atoms with Crippen LogP contribution >= 0.6 is 0 Å². The predicted octanol–water partition coefficient (Wildman–Crippen LogP) is 4.83. The number of fused-ring (bicyclic) bond motifs is 1. The van der Waals surface area contributed by atoms with Crippen molar-refractivity contribution in [3.8, 4) is 11.5 Å². The van der Waals surface area contributed by atoms with Crippen molar-refractivity contribution < 1.29 is 14.7 Å². The first-order valence-corrected chi connectivity index (χ1v) is 11.5. The maximum Gasteiger partial charge on any atom is 0.326 e. The molecule has 3 aromatic rings. The second-order valence-electron chi connectivity index (χ2n) is 8.69. The number of aromatic nitrogens is 3. The number of pyridine rings is 1. The average Bonchev–Trinajstić information content (AvgIpc) is 3.21. The molecule has 0 saturated heterocycles. The number of imidazole rings is 1. The Balaban J connectivity index is 1.73. The number of nitrogens with zero attached hydrogens (tertiary/aromatic N) is 3. The quantitative estimate of drug-likeness (QED) is 0.555. The van der Waals surface area contributed by atoms with Crippen molar-refractivity contribution in [2.75, 3.05) is 0 Å². The molecule has 0 spiro atoms. The van der Waals surface area contributed by atoms with Crippen LogP contribution in [0.1, 0.15) is 68.8 Å². The van der Waals surface area contributed by atoms with Crippen LogP contribution < -0.4 is 5.32 Å². The molecule has 32 heavy (non-hydrogen) atoms. The van der Waals surface area contributed by atoms with Gasteiger partial charge in [-0.1, -0.05) is 45.6 Å². The number of carboxylic acid groups (broad SMARTS) is 1. The van der Waals surface area contributed by atoms with E-state index in [2.05, 4.69) is 14.9 Å². The van der Waals surface area contributed by atoms with Gasteiger partial charge in [-0.15, -0.1) is 0 Å². The van der Waals surface area contributed by atoms with Crippen LogP contribution in [-0.2, 0) is 4.79 Å². The van der Waals surface area contributed by atoms with Gasteiger partial charge in [-0.2, -0.15) is 0 Å². The molecule has 2 aromatic heterocycles. The molecule has 1 saturated carbocycles. The van der Waals surface area contributed by atoms with Crippen LogP contribution in [-0.4, -0.2) is 37.6 Å². The molecule has 7 heteroatoms. The van der Waals surface area contributed by atoms with Gasteiger partial charge in [0, 0.05) is 17.8 Å². The van der Waals surface area contributed by atoms with E-state index in [4.69, 9.17) is 4.98 Å². The Labute approximate surface area is 187 Å². The lowest BCUT2D eigenvalue weighted by molar-refractivity contribution is -0.140. The van der Waals surface area contributed by atoms with E-state index in [9.17, 15) is 14.7 Å². The molecule has 1 fully saturated rings. The van der Waals surface area contributed by atoms with Gasteiger partial charge in [0.15, 0.2) is 5.82 Å². The number of carbonyl (C=O) groups is 2. The SMILES string of the molecule is CCC(C)[C@H](NC(=O)c1ccc2c(c1)nc(-c1ccccn1)n2C1CCCCC1)C(=O)O. The van der Waals surface area contributed by atoms with Gasteiger partial charge in [0.25, 0.3) is 5.91 Å². The van der Waals surface area contributed by atoms with Crippen LogP contribution in [0, 0.1) is 5.92 Å². The van der Waals surface area contributed by atoms with E-state index in [1.807, 2.05) is 38.1 Å². The van der Waals surface area contributed by atoms with Gasteiger partial charge in [0.1, 0.15) is 11.7 Å². The molecule has 2 heterocycles. The van der Waals surface area contributed by atoms with E-state index in [1.54, 1.807) is 18.3 Å². The lowest BCUT2D eigenvalue weighted by Gasteiger charge is -2.25. The average molecular weight is 435 g/mol. The van der Waals surface area contributed by atoms with Crippen LogP contribution in [0.25, 0.3) is 22.6 Å². The summed E-state index contributed by atoms with van der Waals surface area (Å²) < 4.78 is 2.28. The minimum Gasteiger partial charge on any atom is -0.480 e. The van der Waals surface area contributed by atoms with Gasteiger partial charge in [-0.3, -0.25) is 9.78 Å². The highest BCUT2D eigenvalue weighted by atomic mass is 16.4. The summed E-state index contributed by atoms with van der Waals surface area (Å²) in [5.74, 6) is -0.770. The molecule has 1 amide bonds. The number of carbonyl (C=O) groups excluding carboxylic acids is 1. The third kappa shape index (κ3) is 4.38. The van der Waals surface area contributed by atoms with Crippen LogP contribution in [0.4, 0.5) is 0 Å². The fraction of sp³-hybridized carbons (Fsp3) is 0.440. The minimum atomic E-state index is -1.02. The summed E-state index contributed by atoms with van der Waals surface area (Å²) in [6, 6.07) is 10.7. The summed E-state index contributed by atoms with van der Waals surface area (Å²) in [5.41, 5.74) is 2.92. The standard InChI is InChI=1S/C25H30N4O3/c1-3-16(2)22(25(31)32)28-24(30)17-12-13-21-20(15-17)27-23(19-11-7-8-14-26-19)29(21)18-9-5-4-6-10-18/h7-8,11-16,18,22H,3-6,9-10H2,1-2H3,(H,28,30)(H,31,32)/t16?,22-/m0/s1. The highest BCUT2D eigenvalue weighted by molar-refractivity contribution is 5.99. The van der Waals surface area contributed by atoms with E-state index in [-0.39, 0.29) is 5.92 Å². The van der Waals surface area contributed by atoms with Crippen molar-refractivity contribution in [3.05, 3.63) is 48.2 Å². The van der Waals surface area contributed by atoms with Crippen molar-refractivity contribution in [1.82, 2.24) is 19.9 Å². The molecular weight excluding hydrogens is 404 g/mol. The molecule has 4 rings (SSSR count). The highest BCUT2D eigenvalue weighted by Crippen LogP contribution is 2.35. The van der Waals surface area contributed by atoms with E-state index in [0.29, 0.717) is 18.0 Å². The summed E-state index contributed by atoms with van der Waals surface area (Å²) in [6.45, 7) is 3.74. The first-order valence-electron chi connectivity index (χ1n) is 11.5. The third-order valence-corrected chi connectivity index (χ3v) is 6.55. The van der Waals surface area contributed by atoms with E-state index in [0.717, 1.165) is 35.4 Å². The lowest BCUT2D eigenvalue weighted by atomic mass is 9.95. The Hall–Kier alpha value is -3.22. The summed E-state index contributed by atoms with van der Waals surface area (Å²) in [4.78, 5) is 33.9. The number of hydrogen-bond acceptors (Lipinski definition) is 4. The maximum atomic E-state index is 12.9. The fourth-order valence-electron chi connectivity index (χ4n) is 4.53. The Morgan fingerprint density at radius 2 is 1.97 bits per heavy atom. The normalized spacial score (nSPS) is 16.6. The zero-order valence-corrected chi connectivity index (χ0v) is 18.6. The van der Waals surface area contributed by atoms with Gasteiger partial charge in [0.05, 0.1) is 11.0 Å². The maximum absolute atomic E-state index is 12.9. The van der Waals surface area contributed by atoms with Crippen molar-refractivity contribution in [1.29, 1.82) is 0 Å². The minimum absolute atomic E-state index is 0.165. The number of amides is 1. The Bertz CT molecular complexity index is 1100. The number of rotatable bonds is 7. The Morgan fingerprint density at radius 1 is 1.19 bits per heavy atom. The molecule has 2 atom stereocenters. The van der Waals surface area contributed by atoms with Gasteiger partial charge in [0.2, 0.25) is 0 Å². The second-order valence-corrected chi connectivity index (χ2v) is 8.69. The van der Waals surface area contributed by atoms with Crippen LogP contribution in [0.5, 0.6) is 0 Å². The van der Waals surface area contributed by atoms with E-state index >= 15 is 0 Å².